The monoisotopic (exact) mass is 295 g/mol. The summed E-state index contributed by atoms with van der Waals surface area (Å²) in [5, 5.41) is 6.52. The minimum atomic E-state index is -0.146. The molecule has 0 amide bonds. The second-order valence-electron chi connectivity index (χ2n) is 4.87. The third-order valence-electron chi connectivity index (χ3n) is 3.04. The maximum absolute atomic E-state index is 13.4. The summed E-state index contributed by atoms with van der Waals surface area (Å²) >= 11 is 1.52. The second-order valence-corrected chi connectivity index (χ2v) is 6.01. The highest BCUT2D eigenvalue weighted by Crippen LogP contribution is 2.28. The van der Waals surface area contributed by atoms with Crippen molar-refractivity contribution in [1.29, 1.82) is 0 Å². The molecule has 0 spiro atoms. The first-order chi connectivity index (χ1) is 9.79. The molecular formula is C15H22FN3S. The van der Waals surface area contributed by atoms with Gasteiger partial charge >= 0.3 is 0 Å². The van der Waals surface area contributed by atoms with Crippen LogP contribution in [0.3, 0.4) is 0 Å². The predicted octanol–water partition coefficient (Wildman–Crippen LogP) is 2.88. The number of hydrogen-bond acceptors (Lipinski definition) is 2. The van der Waals surface area contributed by atoms with E-state index in [-0.39, 0.29) is 5.82 Å². The molecule has 3 nitrogen and oxygen atoms in total. The summed E-state index contributed by atoms with van der Waals surface area (Å²) in [5.41, 5.74) is 0. The van der Waals surface area contributed by atoms with Crippen LogP contribution in [0, 0.1) is 11.7 Å². The van der Waals surface area contributed by atoms with Gasteiger partial charge in [-0.2, -0.15) is 0 Å². The average Bonchev–Trinajstić information content (AvgIpc) is 3.26. The lowest BCUT2D eigenvalue weighted by Gasteiger charge is -2.11. The van der Waals surface area contributed by atoms with Gasteiger partial charge in [0, 0.05) is 30.3 Å². The van der Waals surface area contributed by atoms with E-state index in [0.29, 0.717) is 4.90 Å². The molecule has 0 aliphatic heterocycles. The number of guanidine groups is 1. The second kappa shape index (κ2) is 8.15. The fourth-order valence-corrected chi connectivity index (χ4v) is 2.56. The van der Waals surface area contributed by atoms with E-state index in [1.165, 1.54) is 30.7 Å². The highest BCUT2D eigenvalue weighted by molar-refractivity contribution is 7.99. The van der Waals surface area contributed by atoms with Gasteiger partial charge in [-0.3, -0.25) is 4.99 Å². The molecule has 0 unspecified atom stereocenters. The van der Waals surface area contributed by atoms with E-state index in [4.69, 9.17) is 0 Å². The molecule has 1 saturated carbocycles. The van der Waals surface area contributed by atoms with E-state index in [2.05, 4.69) is 22.5 Å². The van der Waals surface area contributed by atoms with Crippen LogP contribution in [0.15, 0.2) is 34.2 Å². The molecular weight excluding hydrogens is 273 g/mol. The van der Waals surface area contributed by atoms with Crippen LogP contribution in [-0.4, -0.2) is 31.3 Å². The van der Waals surface area contributed by atoms with Crippen molar-refractivity contribution in [2.24, 2.45) is 10.9 Å². The molecule has 0 atom stereocenters. The molecule has 0 bridgehead atoms. The largest absolute Gasteiger partial charge is 0.357 e. The van der Waals surface area contributed by atoms with E-state index in [1.54, 1.807) is 6.07 Å². The summed E-state index contributed by atoms with van der Waals surface area (Å²) in [7, 11) is 0. The Hall–Kier alpha value is -1.23. The molecule has 20 heavy (non-hydrogen) atoms. The molecule has 5 heteroatoms. The topological polar surface area (TPSA) is 36.4 Å². The summed E-state index contributed by atoms with van der Waals surface area (Å²) in [6, 6.07) is 6.88. The Kier molecular flexibility index (Phi) is 6.18. The molecule has 1 aromatic carbocycles. The van der Waals surface area contributed by atoms with Gasteiger partial charge in [-0.05, 0) is 37.8 Å². The first-order valence-electron chi connectivity index (χ1n) is 7.19. The van der Waals surface area contributed by atoms with Gasteiger partial charge < -0.3 is 10.6 Å². The smallest absolute Gasteiger partial charge is 0.191 e. The van der Waals surface area contributed by atoms with Crippen molar-refractivity contribution in [2.45, 2.75) is 24.7 Å². The normalized spacial score (nSPS) is 15.2. The summed E-state index contributed by atoms with van der Waals surface area (Å²) in [6.45, 7) is 4.60. The zero-order valence-corrected chi connectivity index (χ0v) is 12.7. The van der Waals surface area contributed by atoms with Crippen LogP contribution < -0.4 is 10.6 Å². The van der Waals surface area contributed by atoms with Gasteiger partial charge in [0.15, 0.2) is 5.96 Å². The van der Waals surface area contributed by atoms with Crippen molar-refractivity contribution < 1.29 is 4.39 Å². The Labute approximate surface area is 124 Å². The van der Waals surface area contributed by atoms with Gasteiger partial charge in [0.1, 0.15) is 5.82 Å². The van der Waals surface area contributed by atoms with Crippen molar-refractivity contribution >= 4 is 17.7 Å². The third-order valence-corrected chi connectivity index (χ3v) is 4.09. The molecule has 1 aliphatic carbocycles. The van der Waals surface area contributed by atoms with E-state index in [9.17, 15) is 4.39 Å². The first-order valence-corrected chi connectivity index (χ1v) is 8.17. The first kappa shape index (κ1) is 15.2. The lowest BCUT2D eigenvalue weighted by molar-refractivity contribution is 0.602. The van der Waals surface area contributed by atoms with E-state index in [0.717, 1.165) is 37.3 Å². The summed E-state index contributed by atoms with van der Waals surface area (Å²) in [4.78, 5) is 5.25. The van der Waals surface area contributed by atoms with Gasteiger partial charge in [0.25, 0.3) is 0 Å². The summed E-state index contributed by atoms with van der Waals surface area (Å²) in [6.07, 6.45) is 2.62. The number of benzene rings is 1. The number of aliphatic imine (C=N–C) groups is 1. The number of nitrogens with zero attached hydrogens (tertiary/aromatic N) is 1. The number of rotatable bonds is 7. The number of nitrogens with one attached hydrogen (secondary N) is 2. The molecule has 1 aliphatic rings. The molecule has 2 rings (SSSR count). The van der Waals surface area contributed by atoms with Gasteiger partial charge in [0.2, 0.25) is 0 Å². The van der Waals surface area contributed by atoms with Gasteiger partial charge in [-0.15, -0.1) is 11.8 Å². The zero-order chi connectivity index (χ0) is 14.2. The van der Waals surface area contributed by atoms with Crippen LogP contribution in [0.1, 0.15) is 19.8 Å². The molecule has 1 aromatic rings. The molecule has 0 radical (unpaired) electrons. The van der Waals surface area contributed by atoms with Crippen LogP contribution in [0.5, 0.6) is 0 Å². The van der Waals surface area contributed by atoms with Crippen LogP contribution in [-0.2, 0) is 0 Å². The predicted molar refractivity (Wildman–Crippen MR) is 83.8 cm³/mol. The fourth-order valence-electron chi connectivity index (χ4n) is 1.75. The Bertz CT molecular complexity index is 446. The highest BCUT2D eigenvalue weighted by atomic mass is 32.2. The Morgan fingerprint density at radius 1 is 1.35 bits per heavy atom. The molecule has 110 valence electrons. The van der Waals surface area contributed by atoms with Crippen LogP contribution in [0.2, 0.25) is 0 Å². The van der Waals surface area contributed by atoms with Crippen molar-refractivity contribution in [3.8, 4) is 0 Å². The lowest BCUT2D eigenvalue weighted by atomic mass is 10.3. The summed E-state index contributed by atoms with van der Waals surface area (Å²) < 4.78 is 13.4. The molecule has 0 heterocycles. The van der Waals surface area contributed by atoms with E-state index in [1.807, 2.05) is 12.1 Å². The Morgan fingerprint density at radius 3 is 2.85 bits per heavy atom. The van der Waals surface area contributed by atoms with Crippen LogP contribution in [0.25, 0.3) is 0 Å². The molecule has 2 N–H and O–H groups in total. The average molecular weight is 295 g/mol. The number of thioether (sulfide) groups is 1. The Morgan fingerprint density at radius 2 is 2.15 bits per heavy atom. The Balaban J connectivity index is 1.69. The molecule has 1 fully saturated rings. The van der Waals surface area contributed by atoms with Crippen molar-refractivity contribution in [1.82, 2.24) is 10.6 Å². The minimum absolute atomic E-state index is 0.146. The molecule has 0 aromatic heterocycles. The SMILES string of the molecule is CCNC(=NCC1CC1)NCCSc1ccccc1F. The van der Waals surface area contributed by atoms with Crippen molar-refractivity contribution in [3.05, 3.63) is 30.1 Å². The number of halogens is 1. The maximum Gasteiger partial charge on any atom is 0.191 e. The van der Waals surface area contributed by atoms with Crippen molar-refractivity contribution in [2.75, 3.05) is 25.4 Å². The maximum atomic E-state index is 13.4. The number of hydrogen-bond donors (Lipinski definition) is 2. The van der Waals surface area contributed by atoms with Gasteiger partial charge in [-0.1, -0.05) is 12.1 Å². The van der Waals surface area contributed by atoms with E-state index >= 15 is 0 Å². The standard InChI is InChI=1S/C15H22FN3S/c1-2-17-15(19-11-12-7-8-12)18-9-10-20-14-6-4-3-5-13(14)16/h3-6,12H,2,7-11H2,1H3,(H2,17,18,19). The minimum Gasteiger partial charge on any atom is -0.357 e. The summed E-state index contributed by atoms with van der Waals surface area (Å²) in [5.74, 6) is 2.33. The quantitative estimate of drug-likeness (QED) is 0.351. The van der Waals surface area contributed by atoms with Gasteiger partial charge in [-0.25, -0.2) is 4.39 Å². The highest BCUT2D eigenvalue weighted by Gasteiger charge is 2.20. The third kappa shape index (κ3) is 5.41. The van der Waals surface area contributed by atoms with Crippen LogP contribution >= 0.6 is 11.8 Å². The van der Waals surface area contributed by atoms with Gasteiger partial charge in [0.05, 0.1) is 0 Å². The molecule has 0 saturated heterocycles. The van der Waals surface area contributed by atoms with Crippen LogP contribution in [0.4, 0.5) is 4.39 Å². The zero-order valence-electron chi connectivity index (χ0n) is 11.9. The lowest BCUT2D eigenvalue weighted by Crippen LogP contribution is -2.38. The fraction of sp³-hybridized carbons (Fsp3) is 0.533. The van der Waals surface area contributed by atoms with E-state index < -0.39 is 0 Å². The van der Waals surface area contributed by atoms with Crippen molar-refractivity contribution in [3.63, 3.8) is 0 Å².